The zero-order chi connectivity index (χ0) is 17.8. The molecule has 1 unspecified atom stereocenters. The largest absolute Gasteiger partial charge is 0.359 e. The summed E-state index contributed by atoms with van der Waals surface area (Å²) in [4.78, 5) is 22.6. The van der Waals surface area contributed by atoms with Crippen LogP contribution in [0.25, 0.3) is 11.3 Å². The number of likely N-dealkylation sites (tertiary alicyclic amines) is 1. The van der Waals surface area contributed by atoms with E-state index in [1.54, 1.807) is 24.3 Å². The van der Waals surface area contributed by atoms with E-state index in [0.29, 0.717) is 24.9 Å². The fourth-order valence-electron chi connectivity index (χ4n) is 3.06. The molecule has 1 amide bonds. The topological polar surface area (TPSA) is 65.7 Å². The van der Waals surface area contributed by atoms with Gasteiger partial charge in [0, 0.05) is 50.2 Å². The number of hydrogen-bond acceptors (Lipinski definition) is 6. The van der Waals surface area contributed by atoms with Crippen LogP contribution in [0, 0.1) is 0 Å². The molecule has 0 aliphatic carbocycles. The van der Waals surface area contributed by atoms with Gasteiger partial charge in [0.25, 0.3) is 0 Å². The fraction of sp³-hybridized carbons (Fsp3) is 0.500. The van der Waals surface area contributed by atoms with Crippen molar-refractivity contribution in [1.82, 2.24) is 24.8 Å². The van der Waals surface area contributed by atoms with Gasteiger partial charge in [0.1, 0.15) is 5.69 Å². The third-order valence-corrected chi connectivity index (χ3v) is 4.69. The maximum Gasteiger partial charge on any atom is 0.236 e. The Bertz CT molecular complexity index is 701. The highest BCUT2D eigenvalue weighted by Gasteiger charge is 2.26. The molecule has 25 heavy (non-hydrogen) atoms. The molecular weight excluding hydrogens is 318 g/mol. The first kappa shape index (κ1) is 17.6. The predicted octanol–water partition coefficient (Wildman–Crippen LogP) is 1.33. The minimum absolute atomic E-state index is 0.0984. The van der Waals surface area contributed by atoms with Crippen LogP contribution in [0.15, 0.2) is 35.1 Å². The summed E-state index contributed by atoms with van der Waals surface area (Å²) in [7, 11) is 5.98. The standard InChI is InChI=1S/C18H25N5O2/c1-21(2)15-6-9-23(11-15)13-18(24)22(3)12-16-10-17(20-25-16)14-4-7-19-8-5-14/h4-5,7-8,10,15H,6,9,11-13H2,1-3H3. The summed E-state index contributed by atoms with van der Waals surface area (Å²) in [6.07, 6.45) is 4.55. The Balaban J connectivity index is 1.53. The lowest BCUT2D eigenvalue weighted by Crippen LogP contribution is -2.38. The van der Waals surface area contributed by atoms with Crippen LogP contribution in [0.1, 0.15) is 12.2 Å². The van der Waals surface area contributed by atoms with Crippen molar-refractivity contribution >= 4 is 5.91 Å². The normalized spacial score (nSPS) is 18.0. The summed E-state index contributed by atoms with van der Waals surface area (Å²) >= 11 is 0. The van der Waals surface area contributed by atoms with Gasteiger partial charge in [0.05, 0.1) is 13.1 Å². The molecule has 0 radical (unpaired) electrons. The van der Waals surface area contributed by atoms with Crippen molar-refractivity contribution in [2.45, 2.75) is 19.0 Å². The van der Waals surface area contributed by atoms with Gasteiger partial charge in [-0.15, -0.1) is 0 Å². The van der Waals surface area contributed by atoms with Crippen molar-refractivity contribution < 1.29 is 9.32 Å². The highest BCUT2D eigenvalue weighted by molar-refractivity contribution is 5.78. The monoisotopic (exact) mass is 343 g/mol. The van der Waals surface area contributed by atoms with Gasteiger partial charge < -0.3 is 14.3 Å². The van der Waals surface area contributed by atoms with Gasteiger partial charge in [-0.3, -0.25) is 14.7 Å². The second-order valence-corrected chi connectivity index (χ2v) is 6.81. The summed E-state index contributed by atoms with van der Waals surface area (Å²) < 4.78 is 5.37. The molecule has 0 saturated carbocycles. The van der Waals surface area contributed by atoms with Crippen molar-refractivity contribution in [3.05, 3.63) is 36.4 Å². The molecule has 1 aliphatic heterocycles. The zero-order valence-electron chi connectivity index (χ0n) is 15.1. The number of rotatable bonds is 6. The number of aromatic nitrogens is 2. The van der Waals surface area contributed by atoms with Crippen LogP contribution in [-0.4, -0.2) is 77.6 Å². The minimum atomic E-state index is 0.0984. The van der Waals surface area contributed by atoms with Crippen molar-refractivity contribution in [3.63, 3.8) is 0 Å². The molecule has 7 nitrogen and oxygen atoms in total. The van der Waals surface area contributed by atoms with Crippen LogP contribution in [0.5, 0.6) is 0 Å². The molecule has 1 atom stereocenters. The average Bonchev–Trinajstić information content (AvgIpc) is 3.25. The van der Waals surface area contributed by atoms with Gasteiger partial charge in [-0.05, 0) is 32.6 Å². The van der Waals surface area contributed by atoms with E-state index in [2.05, 4.69) is 34.0 Å². The van der Waals surface area contributed by atoms with E-state index in [-0.39, 0.29) is 5.91 Å². The third kappa shape index (κ3) is 4.43. The van der Waals surface area contributed by atoms with Crippen LogP contribution in [0.2, 0.25) is 0 Å². The minimum Gasteiger partial charge on any atom is -0.359 e. The molecule has 3 heterocycles. The molecule has 0 spiro atoms. The van der Waals surface area contributed by atoms with E-state index < -0.39 is 0 Å². The molecule has 2 aromatic heterocycles. The first-order valence-corrected chi connectivity index (χ1v) is 8.51. The van der Waals surface area contributed by atoms with Gasteiger partial charge in [-0.25, -0.2) is 0 Å². The summed E-state index contributed by atoms with van der Waals surface area (Å²) in [5.74, 6) is 0.775. The Morgan fingerprint density at radius 2 is 2.08 bits per heavy atom. The summed E-state index contributed by atoms with van der Waals surface area (Å²) in [6.45, 7) is 2.78. The molecule has 0 N–H and O–H groups in total. The van der Waals surface area contributed by atoms with Crippen LogP contribution in [-0.2, 0) is 11.3 Å². The second-order valence-electron chi connectivity index (χ2n) is 6.81. The first-order chi connectivity index (χ1) is 12.0. The van der Waals surface area contributed by atoms with E-state index in [1.807, 2.05) is 18.2 Å². The van der Waals surface area contributed by atoms with Gasteiger partial charge in [-0.2, -0.15) is 0 Å². The number of carbonyl (C=O) groups excluding carboxylic acids is 1. The van der Waals surface area contributed by atoms with Gasteiger partial charge in [0.2, 0.25) is 5.91 Å². The maximum atomic E-state index is 12.5. The zero-order valence-corrected chi connectivity index (χ0v) is 15.1. The highest BCUT2D eigenvalue weighted by atomic mass is 16.5. The number of likely N-dealkylation sites (N-methyl/N-ethyl adjacent to an activating group) is 2. The van der Waals surface area contributed by atoms with E-state index in [0.717, 1.165) is 30.8 Å². The Morgan fingerprint density at radius 1 is 1.32 bits per heavy atom. The number of hydrogen-bond donors (Lipinski definition) is 0. The van der Waals surface area contributed by atoms with E-state index in [4.69, 9.17) is 4.52 Å². The lowest BCUT2D eigenvalue weighted by molar-refractivity contribution is -0.131. The van der Waals surface area contributed by atoms with Crippen LogP contribution >= 0.6 is 0 Å². The quantitative estimate of drug-likeness (QED) is 0.788. The highest BCUT2D eigenvalue weighted by Crippen LogP contribution is 2.19. The summed E-state index contributed by atoms with van der Waals surface area (Å²) in [5.41, 5.74) is 1.71. The van der Waals surface area contributed by atoms with Crippen molar-refractivity contribution in [1.29, 1.82) is 0 Å². The molecule has 1 saturated heterocycles. The molecule has 2 aromatic rings. The summed E-state index contributed by atoms with van der Waals surface area (Å²) in [6, 6.07) is 6.17. The van der Waals surface area contributed by atoms with Crippen molar-refractivity contribution in [3.8, 4) is 11.3 Å². The first-order valence-electron chi connectivity index (χ1n) is 8.51. The lowest BCUT2D eigenvalue weighted by Gasteiger charge is -2.22. The molecule has 7 heteroatoms. The van der Waals surface area contributed by atoms with Crippen LogP contribution in [0.3, 0.4) is 0 Å². The van der Waals surface area contributed by atoms with Gasteiger partial charge in [-0.1, -0.05) is 5.16 Å². The molecule has 0 bridgehead atoms. The molecular formula is C18H25N5O2. The van der Waals surface area contributed by atoms with Crippen molar-refractivity contribution in [2.75, 3.05) is 40.8 Å². The Labute approximate surface area is 148 Å². The molecule has 1 fully saturated rings. The number of pyridine rings is 1. The molecule has 134 valence electrons. The van der Waals surface area contributed by atoms with Gasteiger partial charge in [0.15, 0.2) is 5.76 Å². The van der Waals surface area contributed by atoms with E-state index in [9.17, 15) is 4.79 Å². The third-order valence-electron chi connectivity index (χ3n) is 4.69. The SMILES string of the molecule is CN(Cc1cc(-c2ccncc2)no1)C(=O)CN1CCC(N(C)C)C1. The number of nitrogens with zero attached hydrogens (tertiary/aromatic N) is 5. The average molecular weight is 343 g/mol. The fourth-order valence-corrected chi connectivity index (χ4v) is 3.06. The molecule has 0 aromatic carbocycles. The lowest BCUT2D eigenvalue weighted by atomic mass is 10.2. The Kier molecular flexibility index (Phi) is 5.45. The van der Waals surface area contributed by atoms with E-state index in [1.165, 1.54) is 0 Å². The van der Waals surface area contributed by atoms with Crippen molar-refractivity contribution in [2.24, 2.45) is 0 Å². The molecule has 3 rings (SSSR count). The Hall–Kier alpha value is -2.25. The summed E-state index contributed by atoms with van der Waals surface area (Å²) in [5, 5.41) is 4.07. The predicted molar refractivity (Wildman–Crippen MR) is 94.7 cm³/mol. The maximum absolute atomic E-state index is 12.5. The van der Waals surface area contributed by atoms with E-state index >= 15 is 0 Å². The molecule has 1 aliphatic rings. The van der Waals surface area contributed by atoms with Crippen LogP contribution in [0.4, 0.5) is 0 Å². The van der Waals surface area contributed by atoms with Gasteiger partial charge >= 0.3 is 0 Å². The number of carbonyl (C=O) groups is 1. The van der Waals surface area contributed by atoms with Crippen LogP contribution < -0.4 is 0 Å². The smallest absolute Gasteiger partial charge is 0.236 e. The Morgan fingerprint density at radius 3 is 2.76 bits per heavy atom. The second kappa shape index (κ2) is 7.76. The number of amides is 1.